The highest BCUT2D eigenvalue weighted by Crippen LogP contribution is 2.20. The van der Waals surface area contributed by atoms with E-state index in [0.717, 1.165) is 16.9 Å². The summed E-state index contributed by atoms with van der Waals surface area (Å²) in [7, 11) is 1.63. The number of aliphatic hydroxyl groups excluding tert-OH is 1. The van der Waals surface area contributed by atoms with Gasteiger partial charge in [-0.25, -0.2) is 0 Å². The third kappa shape index (κ3) is 5.05. The van der Waals surface area contributed by atoms with Gasteiger partial charge in [0.15, 0.2) is 0 Å². The number of ether oxygens (including phenoxy) is 1. The normalized spacial score (nSPS) is 12.2. The Labute approximate surface area is 120 Å². The molecule has 0 aromatic heterocycles. The Hall–Kier alpha value is -1.81. The van der Waals surface area contributed by atoms with Crippen LogP contribution < -0.4 is 10.1 Å². The van der Waals surface area contributed by atoms with Crippen molar-refractivity contribution in [2.24, 2.45) is 0 Å². The molecule has 1 amide bonds. The third-order valence-corrected chi connectivity index (χ3v) is 2.90. The van der Waals surface area contributed by atoms with Gasteiger partial charge in [0, 0.05) is 6.08 Å². The highest BCUT2D eigenvalue weighted by atomic mass is 16.5. The number of hydrogen-bond acceptors (Lipinski definition) is 3. The average molecular weight is 277 g/mol. The molecular formula is C16H23NO3. The first-order valence-corrected chi connectivity index (χ1v) is 6.60. The molecule has 0 aliphatic carbocycles. The minimum atomic E-state index is -0.613. The standard InChI is InChI=1S/C16H23NO3/c1-12(10-15(19)17-16(2,3)11-18)9-13-7-5-6-8-14(13)20-4/h5-8,10,18H,9,11H2,1-4H3,(H,17,19)/b12-10+. The van der Waals surface area contributed by atoms with Gasteiger partial charge in [-0.3, -0.25) is 4.79 Å². The maximum atomic E-state index is 11.8. The molecule has 2 N–H and O–H groups in total. The maximum absolute atomic E-state index is 11.8. The van der Waals surface area contributed by atoms with Crippen LogP contribution >= 0.6 is 0 Å². The predicted molar refractivity (Wildman–Crippen MR) is 79.8 cm³/mol. The summed E-state index contributed by atoms with van der Waals surface area (Å²) in [4.78, 5) is 11.8. The van der Waals surface area contributed by atoms with E-state index in [1.807, 2.05) is 31.2 Å². The Morgan fingerprint density at radius 1 is 1.40 bits per heavy atom. The Morgan fingerprint density at radius 2 is 2.05 bits per heavy atom. The van der Waals surface area contributed by atoms with Gasteiger partial charge in [0.2, 0.25) is 5.91 Å². The molecule has 0 aliphatic rings. The van der Waals surface area contributed by atoms with E-state index in [2.05, 4.69) is 5.32 Å². The lowest BCUT2D eigenvalue weighted by molar-refractivity contribution is -0.118. The maximum Gasteiger partial charge on any atom is 0.244 e. The minimum absolute atomic E-state index is 0.0991. The van der Waals surface area contributed by atoms with Crippen molar-refractivity contribution in [3.8, 4) is 5.75 Å². The number of allylic oxidation sites excluding steroid dienone is 1. The summed E-state index contributed by atoms with van der Waals surface area (Å²) in [6, 6.07) is 7.74. The van der Waals surface area contributed by atoms with E-state index in [4.69, 9.17) is 9.84 Å². The molecule has 0 atom stereocenters. The topological polar surface area (TPSA) is 58.6 Å². The highest BCUT2D eigenvalue weighted by molar-refractivity contribution is 5.88. The molecule has 1 aromatic rings. The molecule has 0 heterocycles. The summed E-state index contributed by atoms with van der Waals surface area (Å²) in [5.74, 6) is 0.618. The van der Waals surface area contributed by atoms with Gasteiger partial charge in [-0.15, -0.1) is 0 Å². The molecule has 0 aliphatic heterocycles. The molecule has 4 nitrogen and oxygen atoms in total. The largest absolute Gasteiger partial charge is 0.496 e. The van der Waals surface area contributed by atoms with E-state index >= 15 is 0 Å². The van der Waals surface area contributed by atoms with Crippen molar-refractivity contribution in [3.05, 3.63) is 41.5 Å². The molecule has 1 rings (SSSR count). The fraction of sp³-hybridized carbons (Fsp3) is 0.438. The van der Waals surface area contributed by atoms with E-state index in [-0.39, 0.29) is 12.5 Å². The van der Waals surface area contributed by atoms with Crippen molar-refractivity contribution >= 4 is 5.91 Å². The van der Waals surface area contributed by atoms with Crippen LogP contribution in [0.4, 0.5) is 0 Å². The van der Waals surface area contributed by atoms with Gasteiger partial charge in [-0.2, -0.15) is 0 Å². The van der Waals surface area contributed by atoms with Crippen LogP contribution in [-0.2, 0) is 11.2 Å². The first kappa shape index (κ1) is 16.2. The molecule has 110 valence electrons. The van der Waals surface area contributed by atoms with Crippen LogP contribution in [0.2, 0.25) is 0 Å². The second-order valence-electron chi connectivity index (χ2n) is 5.51. The zero-order chi connectivity index (χ0) is 15.2. The zero-order valence-electron chi connectivity index (χ0n) is 12.6. The minimum Gasteiger partial charge on any atom is -0.496 e. The number of carbonyl (C=O) groups is 1. The van der Waals surface area contributed by atoms with Crippen LogP contribution in [0.25, 0.3) is 0 Å². The number of nitrogens with one attached hydrogen (secondary N) is 1. The van der Waals surface area contributed by atoms with Crippen LogP contribution in [0.1, 0.15) is 26.3 Å². The zero-order valence-corrected chi connectivity index (χ0v) is 12.6. The molecule has 0 spiro atoms. The molecule has 0 saturated carbocycles. The van der Waals surface area contributed by atoms with E-state index in [1.165, 1.54) is 0 Å². The first-order valence-electron chi connectivity index (χ1n) is 6.60. The fourth-order valence-corrected chi connectivity index (χ4v) is 1.83. The number of methoxy groups -OCH3 is 1. The molecule has 0 bridgehead atoms. The van der Waals surface area contributed by atoms with Gasteiger partial charge >= 0.3 is 0 Å². The second kappa shape index (κ2) is 7.10. The van der Waals surface area contributed by atoms with E-state index < -0.39 is 5.54 Å². The van der Waals surface area contributed by atoms with Crippen LogP contribution in [0, 0.1) is 0 Å². The number of para-hydroxylation sites is 1. The smallest absolute Gasteiger partial charge is 0.244 e. The Balaban J connectivity index is 2.73. The van der Waals surface area contributed by atoms with Gasteiger partial charge in [0.25, 0.3) is 0 Å². The summed E-state index contributed by atoms with van der Waals surface area (Å²) in [6.45, 7) is 5.35. The van der Waals surface area contributed by atoms with Gasteiger partial charge in [-0.1, -0.05) is 23.8 Å². The molecule has 0 saturated heterocycles. The first-order chi connectivity index (χ1) is 9.38. The van der Waals surface area contributed by atoms with Gasteiger partial charge in [-0.05, 0) is 38.8 Å². The Bertz CT molecular complexity index is 492. The molecule has 0 radical (unpaired) electrons. The van der Waals surface area contributed by atoms with Crippen molar-refractivity contribution in [2.75, 3.05) is 13.7 Å². The van der Waals surface area contributed by atoms with E-state index in [0.29, 0.717) is 6.42 Å². The number of hydrogen-bond donors (Lipinski definition) is 2. The lowest BCUT2D eigenvalue weighted by Gasteiger charge is -2.22. The lowest BCUT2D eigenvalue weighted by Crippen LogP contribution is -2.45. The average Bonchev–Trinajstić information content (AvgIpc) is 2.38. The monoisotopic (exact) mass is 277 g/mol. The van der Waals surface area contributed by atoms with Crippen molar-refractivity contribution in [1.29, 1.82) is 0 Å². The number of amides is 1. The van der Waals surface area contributed by atoms with Crippen molar-refractivity contribution in [2.45, 2.75) is 32.7 Å². The molecule has 0 fully saturated rings. The van der Waals surface area contributed by atoms with Gasteiger partial charge < -0.3 is 15.2 Å². The van der Waals surface area contributed by atoms with Crippen LogP contribution in [0.15, 0.2) is 35.9 Å². The van der Waals surface area contributed by atoms with Crippen molar-refractivity contribution in [1.82, 2.24) is 5.32 Å². The third-order valence-electron chi connectivity index (χ3n) is 2.90. The number of benzene rings is 1. The molecule has 20 heavy (non-hydrogen) atoms. The van der Waals surface area contributed by atoms with Gasteiger partial charge in [0.1, 0.15) is 5.75 Å². The summed E-state index contributed by atoms with van der Waals surface area (Å²) in [6.07, 6.45) is 2.21. The van der Waals surface area contributed by atoms with Crippen molar-refractivity contribution < 1.29 is 14.6 Å². The Kier molecular flexibility index (Phi) is 5.77. The van der Waals surface area contributed by atoms with Gasteiger partial charge in [0.05, 0.1) is 19.3 Å². The number of carbonyl (C=O) groups excluding carboxylic acids is 1. The van der Waals surface area contributed by atoms with Crippen molar-refractivity contribution in [3.63, 3.8) is 0 Å². The molecule has 4 heteroatoms. The SMILES string of the molecule is COc1ccccc1C/C(C)=C/C(=O)NC(C)(C)CO. The van der Waals surface area contributed by atoms with Crippen LogP contribution in [0.3, 0.4) is 0 Å². The lowest BCUT2D eigenvalue weighted by atomic mass is 10.0. The predicted octanol–water partition coefficient (Wildman–Crippen LogP) is 2.07. The molecule has 1 aromatic carbocycles. The highest BCUT2D eigenvalue weighted by Gasteiger charge is 2.17. The molecular weight excluding hydrogens is 254 g/mol. The number of rotatable bonds is 6. The summed E-state index contributed by atoms with van der Waals surface area (Å²) < 4.78 is 5.29. The quantitative estimate of drug-likeness (QED) is 0.783. The summed E-state index contributed by atoms with van der Waals surface area (Å²) in [5, 5.41) is 11.9. The van der Waals surface area contributed by atoms with E-state index in [9.17, 15) is 4.79 Å². The number of aliphatic hydroxyl groups is 1. The van der Waals surface area contributed by atoms with Crippen LogP contribution in [0.5, 0.6) is 5.75 Å². The van der Waals surface area contributed by atoms with Crippen LogP contribution in [-0.4, -0.2) is 30.3 Å². The van der Waals surface area contributed by atoms with E-state index in [1.54, 1.807) is 27.0 Å². The summed E-state index contributed by atoms with van der Waals surface area (Å²) in [5.41, 5.74) is 1.36. The Morgan fingerprint density at radius 3 is 2.65 bits per heavy atom. The second-order valence-corrected chi connectivity index (χ2v) is 5.51. The molecule has 0 unspecified atom stereocenters. The summed E-state index contributed by atoms with van der Waals surface area (Å²) >= 11 is 0. The fourth-order valence-electron chi connectivity index (χ4n) is 1.83.